The lowest BCUT2D eigenvalue weighted by molar-refractivity contribution is 0.398. The highest BCUT2D eigenvalue weighted by molar-refractivity contribution is 5.62. The first-order valence-electron chi connectivity index (χ1n) is 4.85. The van der Waals surface area contributed by atoms with Crippen LogP contribution in [0.15, 0.2) is 24.8 Å². The van der Waals surface area contributed by atoms with Crippen LogP contribution >= 0.6 is 0 Å². The molecule has 0 aromatic carbocycles. The molecule has 1 rings (SSSR count). The van der Waals surface area contributed by atoms with Gasteiger partial charge in [0.2, 0.25) is 5.88 Å². The number of methoxy groups -OCH3 is 1. The normalized spacial score (nSPS) is 11.9. The van der Waals surface area contributed by atoms with Crippen molar-refractivity contribution in [2.24, 2.45) is 0 Å². The van der Waals surface area contributed by atoms with Gasteiger partial charge in [-0.1, -0.05) is 6.08 Å². The Morgan fingerprint density at radius 1 is 1.67 bits per heavy atom. The van der Waals surface area contributed by atoms with Gasteiger partial charge in [-0.2, -0.15) is 4.98 Å². The highest BCUT2D eigenvalue weighted by atomic mass is 16.5. The van der Waals surface area contributed by atoms with Crippen molar-refractivity contribution in [2.45, 2.75) is 19.4 Å². The first-order chi connectivity index (χ1) is 7.17. The molecule has 1 aromatic rings. The Labute approximate surface area is 90.2 Å². The molecule has 1 heterocycles. The zero-order valence-electron chi connectivity index (χ0n) is 9.16. The number of nitrogens with one attached hydrogen (secondary N) is 1. The molecule has 15 heavy (non-hydrogen) atoms. The zero-order valence-corrected chi connectivity index (χ0v) is 9.16. The minimum Gasteiger partial charge on any atom is -0.481 e. The number of rotatable bonds is 5. The van der Waals surface area contributed by atoms with Crippen molar-refractivity contribution in [2.75, 3.05) is 18.2 Å². The minimum atomic E-state index is 0.254. The van der Waals surface area contributed by atoms with E-state index in [1.807, 2.05) is 13.0 Å². The molecule has 4 heteroatoms. The van der Waals surface area contributed by atoms with Gasteiger partial charge in [-0.15, -0.1) is 6.58 Å². The molecule has 0 spiro atoms. The average molecular weight is 207 g/mol. The zero-order chi connectivity index (χ0) is 11.3. The predicted molar refractivity (Wildman–Crippen MR) is 63.1 cm³/mol. The van der Waals surface area contributed by atoms with E-state index in [-0.39, 0.29) is 6.04 Å². The SMILES string of the molecule is C=CCC(C)Nc1nc(OC)ccc1N. The summed E-state index contributed by atoms with van der Waals surface area (Å²) in [6.07, 6.45) is 2.71. The van der Waals surface area contributed by atoms with E-state index in [1.54, 1.807) is 19.2 Å². The van der Waals surface area contributed by atoms with Crippen molar-refractivity contribution in [1.82, 2.24) is 4.98 Å². The van der Waals surface area contributed by atoms with E-state index in [4.69, 9.17) is 10.5 Å². The molecule has 0 radical (unpaired) electrons. The highest BCUT2D eigenvalue weighted by Gasteiger charge is 2.06. The number of anilines is 2. The van der Waals surface area contributed by atoms with Gasteiger partial charge in [-0.3, -0.25) is 0 Å². The van der Waals surface area contributed by atoms with Gasteiger partial charge in [0.15, 0.2) is 5.82 Å². The van der Waals surface area contributed by atoms with Crippen molar-refractivity contribution in [3.8, 4) is 5.88 Å². The van der Waals surface area contributed by atoms with Gasteiger partial charge in [0.1, 0.15) is 0 Å². The van der Waals surface area contributed by atoms with Gasteiger partial charge in [0.25, 0.3) is 0 Å². The highest BCUT2D eigenvalue weighted by Crippen LogP contribution is 2.20. The van der Waals surface area contributed by atoms with Crippen molar-refractivity contribution < 1.29 is 4.74 Å². The van der Waals surface area contributed by atoms with Crippen LogP contribution in [-0.4, -0.2) is 18.1 Å². The van der Waals surface area contributed by atoms with Gasteiger partial charge in [0, 0.05) is 12.1 Å². The van der Waals surface area contributed by atoms with Crippen LogP contribution in [0.5, 0.6) is 5.88 Å². The molecule has 0 amide bonds. The summed E-state index contributed by atoms with van der Waals surface area (Å²) in [7, 11) is 1.58. The van der Waals surface area contributed by atoms with E-state index in [9.17, 15) is 0 Å². The second kappa shape index (κ2) is 5.24. The number of nitrogen functional groups attached to an aromatic ring is 1. The fraction of sp³-hybridized carbons (Fsp3) is 0.364. The van der Waals surface area contributed by atoms with E-state index in [2.05, 4.69) is 16.9 Å². The third kappa shape index (κ3) is 3.16. The molecule has 1 unspecified atom stereocenters. The Kier molecular flexibility index (Phi) is 3.97. The van der Waals surface area contributed by atoms with E-state index in [0.29, 0.717) is 17.4 Å². The number of aromatic nitrogens is 1. The van der Waals surface area contributed by atoms with E-state index < -0.39 is 0 Å². The summed E-state index contributed by atoms with van der Waals surface area (Å²) < 4.78 is 5.02. The summed E-state index contributed by atoms with van der Waals surface area (Å²) in [6.45, 7) is 5.73. The van der Waals surface area contributed by atoms with E-state index in [1.165, 1.54) is 0 Å². The molecule has 4 nitrogen and oxygen atoms in total. The summed E-state index contributed by atoms with van der Waals surface area (Å²) in [5.74, 6) is 1.21. The van der Waals surface area contributed by atoms with Crippen LogP contribution in [0, 0.1) is 0 Å². The van der Waals surface area contributed by atoms with Gasteiger partial charge < -0.3 is 15.8 Å². The molecule has 0 fully saturated rings. The second-order valence-corrected chi connectivity index (χ2v) is 3.36. The Hall–Kier alpha value is -1.71. The molecule has 0 aliphatic carbocycles. The quantitative estimate of drug-likeness (QED) is 0.725. The molecule has 1 aromatic heterocycles. The minimum absolute atomic E-state index is 0.254. The maximum Gasteiger partial charge on any atom is 0.215 e. The molecule has 82 valence electrons. The number of nitrogens with zero attached hydrogens (tertiary/aromatic N) is 1. The molecule has 3 N–H and O–H groups in total. The van der Waals surface area contributed by atoms with Gasteiger partial charge >= 0.3 is 0 Å². The fourth-order valence-electron chi connectivity index (χ4n) is 1.22. The topological polar surface area (TPSA) is 60.2 Å². The smallest absolute Gasteiger partial charge is 0.215 e. The summed E-state index contributed by atoms with van der Waals surface area (Å²) in [4.78, 5) is 4.22. The molecule has 1 atom stereocenters. The van der Waals surface area contributed by atoms with Crippen LogP contribution in [0.25, 0.3) is 0 Å². The second-order valence-electron chi connectivity index (χ2n) is 3.36. The Balaban J connectivity index is 2.78. The molecule has 0 bridgehead atoms. The monoisotopic (exact) mass is 207 g/mol. The maximum atomic E-state index is 5.78. The third-order valence-electron chi connectivity index (χ3n) is 2.01. The predicted octanol–water partition coefficient (Wildman–Crippen LogP) is 2.05. The summed E-state index contributed by atoms with van der Waals surface area (Å²) >= 11 is 0. The third-order valence-corrected chi connectivity index (χ3v) is 2.01. The van der Waals surface area contributed by atoms with Crippen molar-refractivity contribution in [1.29, 1.82) is 0 Å². The van der Waals surface area contributed by atoms with Crippen LogP contribution in [0.1, 0.15) is 13.3 Å². The number of ether oxygens (including phenoxy) is 1. The summed E-state index contributed by atoms with van der Waals surface area (Å²) in [5.41, 5.74) is 6.40. The maximum absolute atomic E-state index is 5.78. The Bertz CT molecular complexity index is 339. The Morgan fingerprint density at radius 2 is 2.40 bits per heavy atom. The van der Waals surface area contributed by atoms with Crippen molar-refractivity contribution in [3.05, 3.63) is 24.8 Å². The van der Waals surface area contributed by atoms with Crippen LogP contribution < -0.4 is 15.8 Å². The Morgan fingerprint density at radius 3 is 3.00 bits per heavy atom. The van der Waals surface area contributed by atoms with E-state index >= 15 is 0 Å². The molecular formula is C11H17N3O. The van der Waals surface area contributed by atoms with Crippen LogP contribution in [0.2, 0.25) is 0 Å². The molecule has 0 saturated carbocycles. The van der Waals surface area contributed by atoms with Crippen LogP contribution in [-0.2, 0) is 0 Å². The van der Waals surface area contributed by atoms with E-state index in [0.717, 1.165) is 6.42 Å². The van der Waals surface area contributed by atoms with Gasteiger partial charge in [-0.25, -0.2) is 0 Å². The lowest BCUT2D eigenvalue weighted by Gasteiger charge is -2.14. The van der Waals surface area contributed by atoms with Crippen molar-refractivity contribution in [3.63, 3.8) is 0 Å². The van der Waals surface area contributed by atoms with Crippen LogP contribution in [0.4, 0.5) is 11.5 Å². The number of hydrogen-bond acceptors (Lipinski definition) is 4. The first kappa shape index (κ1) is 11.4. The average Bonchev–Trinajstić information content (AvgIpc) is 2.21. The largest absolute Gasteiger partial charge is 0.481 e. The lowest BCUT2D eigenvalue weighted by atomic mass is 10.2. The van der Waals surface area contributed by atoms with Crippen molar-refractivity contribution >= 4 is 11.5 Å². The van der Waals surface area contributed by atoms with Gasteiger partial charge in [-0.05, 0) is 19.4 Å². The molecule has 0 aliphatic rings. The number of hydrogen-bond donors (Lipinski definition) is 2. The molecule has 0 aliphatic heterocycles. The molecular weight excluding hydrogens is 190 g/mol. The molecule has 0 saturated heterocycles. The van der Waals surface area contributed by atoms with Crippen LogP contribution in [0.3, 0.4) is 0 Å². The standard InChI is InChI=1S/C11H17N3O/c1-4-5-8(2)13-11-9(12)6-7-10(14-11)15-3/h4,6-8H,1,5,12H2,2-3H3,(H,13,14). The number of nitrogens with two attached hydrogens (primary N) is 1. The first-order valence-corrected chi connectivity index (χ1v) is 4.85. The number of pyridine rings is 1. The lowest BCUT2D eigenvalue weighted by Crippen LogP contribution is -2.16. The summed E-state index contributed by atoms with van der Waals surface area (Å²) in [6, 6.07) is 3.76. The van der Waals surface area contributed by atoms with Gasteiger partial charge in [0.05, 0.1) is 12.8 Å². The fourth-order valence-corrected chi connectivity index (χ4v) is 1.22. The summed E-state index contributed by atoms with van der Waals surface area (Å²) in [5, 5.41) is 3.20.